The largest absolute Gasteiger partial charge is 0.315 e. The number of piperazine rings is 1. The summed E-state index contributed by atoms with van der Waals surface area (Å²) < 4.78 is 0. The monoisotopic (exact) mass is 255 g/mol. The second-order valence-electron chi connectivity index (χ2n) is 6.18. The molecule has 1 aliphatic rings. The second kappa shape index (κ2) is 8.13. The van der Waals surface area contributed by atoms with E-state index in [-0.39, 0.29) is 0 Å². The third-order valence-electron chi connectivity index (χ3n) is 4.10. The van der Waals surface area contributed by atoms with Crippen molar-refractivity contribution in [3.63, 3.8) is 0 Å². The highest BCUT2D eigenvalue weighted by atomic mass is 15.3. The Kier molecular flexibility index (Phi) is 7.20. The summed E-state index contributed by atoms with van der Waals surface area (Å²) in [4.78, 5) is 5.28. The number of rotatable bonds is 7. The van der Waals surface area contributed by atoms with Gasteiger partial charge in [0.1, 0.15) is 0 Å². The molecule has 1 heterocycles. The molecule has 1 aliphatic heterocycles. The standard InChI is InChI=1S/C15H33N3/c1-6-7-16-12-15(13(2)3)18-10-8-17(9-11-18)14(4)5/h13-16H,6-12H2,1-5H3. The first kappa shape index (κ1) is 15.9. The molecule has 1 N–H and O–H groups in total. The minimum Gasteiger partial charge on any atom is -0.315 e. The third-order valence-corrected chi connectivity index (χ3v) is 4.10. The Balaban J connectivity index is 2.40. The zero-order valence-electron chi connectivity index (χ0n) is 13.1. The van der Waals surface area contributed by atoms with E-state index in [1.54, 1.807) is 0 Å². The minimum absolute atomic E-state index is 0.697. The maximum atomic E-state index is 3.59. The first-order valence-corrected chi connectivity index (χ1v) is 7.75. The van der Waals surface area contributed by atoms with Crippen LogP contribution in [0.25, 0.3) is 0 Å². The van der Waals surface area contributed by atoms with Crippen molar-refractivity contribution in [1.82, 2.24) is 15.1 Å². The summed E-state index contributed by atoms with van der Waals surface area (Å²) in [5.41, 5.74) is 0. The summed E-state index contributed by atoms with van der Waals surface area (Å²) in [6.07, 6.45) is 1.23. The second-order valence-corrected chi connectivity index (χ2v) is 6.18. The van der Waals surface area contributed by atoms with E-state index in [2.05, 4.69) is 49.7 Å². The van der Waals surface area contributed by atoms with Gasteiger partial charge in [-0.3, -0.25) is 9.80 Å². The van der Waals surface area contributed by atoms with Gasteiger partial charge in [0, 0.05) is 44.8 Å². The van der Waals surface area contributed by atoms with Gasteiger partial charge in [-0.25, -0.2) is 0 Å². The van der Waals surface area contributed by atoms with Crippen molar-refractivity contribution in [2.75, 3.05) is 39.3 Å². The fourth-order valence-electron chi connectivity index (χ4n) is 2.80. The summed E-state index contributed by atoms with van der Waals surface area (Å²) in [7, 11) is 0. The number of nitrogens with one attached hydrogen (secondary N) is 1. The molecule has 3 nitrogen and oxygen atoms in total. The van der Waals surface area contributed by atoms with Crippen LogP contribution in [0.5, 0.6) is 0 Å². The molecule has 1 rings (SSSR count). The molecule has 0 aromatic rings. The molecule has 1 unspecified atom stereocenters. The predicted octanol–water partition coefficient (Wildman–Crippen LogP) is 2.04. The van der Waals surface area contributed by atoms with E-state index in [1.165, 1.54) is 32.6 Å². The number of hydrogen-bond acceptors (Lipinski definition) is 3. The van der Waals surface area contributed by atoms with E-state index in [4.69, 9.17) is 0 Å². The zero-order valence-corrected chi connectivity index (χ0v) is 13.1. The van der Waals surface area contributed by atoms with Crippen LogP contribution in [0.1, 0.15) is 41.0 Å². The van der Waals surface area contributed by atoms with Crippen molar-refractivity contribution in [2.45, 2.75) is 53.1 Å². The number of hydrogen-bond donors (Lipinski definition) is 1. The SMILES string of the molecule is CCCNCC(C(C)C)N1CCN(C(C)C)CC1. The minimum atomic E-state index is 0.697. The van der Waals surface area contributed by atoms with E-state index >= 15 is 0 Å². The molecule has 0 aromatic heterocycles. The Morgan fingerprint density at radius 1 is 0.944 bits per heavy atom. The lowest BCUT2D eigenvalue weighted by atomic mass is 10.0. The lowest BCUT2D eigenvalue weighted by Gasteiger charge is -2.42. The van der Waals surface area contributed by atoms with E-state index in [0.717, 1.165) is 19.0 Å². The summed E-state index contributed by atoms with van der Waals surface area (Å²) in [5.74, 6) is 0.736. The molecule has 108 valence electrons. The molecule has 0 radical (unpaired) electrons. The van der Waals surface area contributed by atoms with E-state index in [9.17, 15) is 0 Å². The first-order chi connectivity index (χ1) is 8.56. The molecule has 0 aliphatic carbocycles. The van der Waals surface area contributed by atoms with Gasteiger partial charge in [-0.1, -0.05) is 20.8 Å². The zero-order chi connectivity index (χ0) is 13.5. The van der Waals surface area contributed by atoms with Crippen molar-refractivity contribution < 1.29 is 0 Å². The first-order valence-electron chi connectivity index (χ1n) is 7.75. The molecule has 0 saturated carbocycles. The number of nitrogens with zero attached hydrogens (tertiary/aromatic N) is 2. The lowest BCUT2D eigenvalue weighted by molar-refractivity contribution is 0.0616. The van der Waals surface area contributed by atoms with Gasteiger partial charge in [0.15, 0.2) is 0 Å². The van der Waals surface area contributed by atoms with Crippen LogP contribution in [0.3, 0.4) is 0 Å². The van der Waals surface area contributed by atoms with Crippen LogP contribution < -0.4 is 5.32 Å². The molecular weight excluding hydrogens is 222 g/mol. The maximum absolute atomic E-state index is 3.59. The fourth-order valence-corrected chi connectivity index (χ4v) is 2.80. The quantitative estimate of drug-likeness (QED) is 0.702. The van der Waals surface area contributed by atoms with Crippen molar-refractivity contribution in [2.24, 2.45) is 5.92 Å². The Morgan fingerprint density at radius 3 is 1.94 bits per heavy atom. The Morgan fingerprint density at radius 2 is 1.50 bits per heavy atom. The Hall–Kier alpha value is -0.120. The van der Waals surface area contributed by atoms with Crippen LogP contribution in [-0.4, -0.2) is 61.2 Å². The average Bonchev–Trinajstić information content (AvgIpc) is 2.34. The van der Waals surface area contributed by atoms with Crippen LogP contribution >= 0.6 is 0 Å². The highest BCUT2D eigenvalue weighted by molar-refractivity contribution is 4.82. The van der Waals surface area contributed by atoms with Crippen LogP contribution in [0.2, 0.25) is 0 Å². The smallest absolute Gasteiger partial charge is 0.0244 e. The van der Waals surface area contributed by atoms with Crippen LogP contribution in [0.15, 0.2) is 0 Å². The van der Waals surface area contributed by atoms with Crippen LogP contribution in [0, 0.1) is 5.92 Å². The summed E-state index contributed by atoms with van der Waals surface area (Å²) in [5, 5.41) is 3.59. The molecule has 0 spiro atoms. The van der Waals surface area contributed by atoms with Gasteiger partial charge < -0.3 is 5.32 Å². The fraction of sp³-hybridized carbons (Fsp3) is 1.00. The maximum Gasteiger partial charge on any atom is 0.0244 e. The van der Waals surface area contributed by atoms with Gasteiger partial charge in [0.2, 0.25) is 0 Å². The summed E-state index contributed by atoms with van der Waals surface area (Å²) >= 11 is 0. The summed E-state index contributed by atoms with van der Waals surface area (Å²) in [6.45, 7) is 18.8. The van der Waals surface area contributed by atoms with Crippen molar-refractivity contribution >= 4 is 0 Å². The molecule has 1 atom stereocenters. The highest BCUT2D eigenvalue weighted by Crippen LogP contribution is 2.14. The topological polar surface area (TPSA) is 18.5 Å². The third kappa shape index (κ3) is 4.87. The lowest BCUT2D eigenvalue weighted by Crippen LogP contribution is -2.55. The molecule has 1 saturated heterocycles. The van der Waals surface area contributed by atoms with Crippen molar-refractivity contribution in [1.29, 1.82) is 0 Å². The summed E-state index contributed by atoms with van der Waals surface area (Å²) in [6, 6.07) is 1.40. The van der Waals surface area contributed by atoms with Gasteiger partial charge in [-0.15, -0.1) is 0 Å². The van der Waals surface area contributed by atoms with Crippen molar-refractivity contribution in [3.05, 3.63) is 0 Å². The van der Waals surface area contributed by atoms with Gasteiger partial charge in [0.05, 0.1) is 0 Å². The molecule has 3 heteroatoms. The highest BCUT2D eigenvalue weighted by Gasteiger charge is 2.26. The Bertz CT molecular complexity index is 208. The Labute approximate surface area is 114 Å². The van der Waals surface area contributed by atoms with Gasteiger partial charge >= 0.3 is 0 Å². The van der Waals surface area contributed by atoms with Gasteiger partial charge in [0.25, 0.3) is 0 Å². The molecule has 0 aromatic carbocycles. The molecule has 0 bridgehead atoms. The predicted molar refractivity (Wildman–Crippen MR) is 80.1 cm³/mol. The molecule has 18 heavy (non-hydrogen) atoms. The van der Waals surface area contributed by atoms with Crippen LogP contribution in [-0.2, 0) is 0 Å². The van der Waals surface area contributed by atoms with Gasteiger partial charge in [-0.05, 0) is 32.7 Å². The molecular formula is C15H33N3. The van der Waals surface area contributed by atoms with Crippen LogP contribution in [0.4, 0.5) is 0 Å². The van der Waals surface area contributed by atoms with E-state index in [0.29, 0.717) is 12.1 Å². The molecule has 1 fully saturated rings. The van der Waals surface area contributed by atoms with E-state index < -0.39 is 0 Å². The normalized spacial score (nSPS) is 20.8. The van der Waals surface area contributed by atoms with Crippen molar-refractivity contribution in [3.8, 4) is 0 Å². The molecule has 0 amide bonds. The average molecular weight is 255 g/mol. The van der Waals surface area contributed by atoms with E-state index in [1.807, 2.05) is 0 Å². The van der Waals surface area contributed by atoms with Gasteiger partial charge in [-0.2, -0.15) is 0 Å².